The predicted molar refractivity (Wildman–Crippen MR) is 83.4 cm³/mol. The second-order valence-corrected chi connectivity index (χ2v) is 8.55. The number of anilines is 2. The lowest BCUT2D eigenvalue weighted by Gasteiger charge is -2.09. The summed E-state index contributed by atoms with van der Waals surface area (Å²) in [5, 5.41) is 0.374. The molecule has 4 nitrogen and oxygen atoms in total. The van der Waals surface area contributed by atoms with Crippen molar-refractivity contribution in [2.45, 2.75) is 11.1 Å². The average molecular weight is 382 g/mol. The Balaban J connectivity index is 2.36. The van der Waals surface area contributed by atoms with Crippen molar-refractivity contribution in [3.63, 3.8) is 0 Å². The molecule has 1 heterocycles. The largest absolute Gasteiger partial charge is 0.399 e. The van der Waals surface area contributed by atoms with Crippen LogP contribution in [0.5, 0.6) is 0 Å². The molecule has 1 aromatic heterocycles. The minimum absolute atomic E-state index is 0.153. The number of aryl methyl sites for hydroxylation is 1. The molecule has 0 bridgehead atoms. The first kappa shape index (κ1) is 14.6. The third kappa shape index (κ3) is 3.22. The van der Waals surface area contributed by atoms with Crippen molar-refractivity contribution in [1.82, 2.24) is 0 Å². The van der Waals surface area contributed by atoms with Crippen LogP contribution in [0.3, 0.4) is 0 Å². The molecular weight excluding hydrogens is 372 g/mol. The normalized spacial score (nSPS) is 11.5. The molecule has 2 rings (SSSR count). The Kier molecular flexibility index (Phi) is 4.10. The maximum Gasteiger partial charge on any atom is 0.271 e. The van der Waals surface area contributed by atoms with Crippen molar-refractivity contribution in [2.75, 3.05) is 10.5 Å². The van der Waals surface area contributed by atoms with E-state index in [-0.39, 0.29) is 4.21 Å². The molecule has 19 heavy (non-hydrogen) atoms. The zero-order chi connectivity index (χ0) is 14.2. The lowest BCUT2D eigenvalue weighted by Crippen LogP contribution is -2.12. The number of rotatable bonds is 3. The maximum atomic E-state index is 12.2. The smallest absolute Gasteiger partial charge is 0.271 e. The number of benzene rings is 1. The van der Waals surface area contributed by atoms with Crippen LogP contribution < -0.4 is 10.5 Å². The van der Waals surface area contributed by atoms with E-state index in [0.717, 1.165) is 16.9 Å². The summed E-state index contributed by atoms with van der Waals surface area (Å²) in [7, 11) is -3.64. The van der Waals surface area contributed by atoms with Gasteiger partial charge in [0.25, 0.3) is 10.0 Å². The van der Waals surface area contributed by atoms with Gasteiger partial charge in [0.05, 0.1) is 14.5 Å². The SMILES string of the molecule is Cc1cc(N)ccc1NS(=O)(=O)c1cc(Cl)c(Br)s1. The van der Waals surface area contributed by atoms with Gasteiger partial charge in [-0.3, -0.25) is 4.72 Å². The lowest BCUT2D eigenvalue weighted by atomic mass is 10.2. The van der Waals surface area contributed by atoms with Crippen LogP contribution >= 0.6 is 38.9 Å². The third-order valence-corrected chi connectivity index (χ3v) is 6.70. The van der Waals surface area contributed by atoms with Gasteiger partial charge in [-0.15, -0.1) is 11.3 Å². The van der Waals surface area contributed by atoms with Crippen LogP contribution in [0.2, 0.25) is 5.02 Å². The molecule has 0 saturated carbocycles. The van der Waals surface area contributed by atoms with E-state index < -0.39 is 10.0 Å². The van der Waals surface area contributed by atoms with Crippen molar-refractivity contribution in [2.24, 2.45) is 0 Å². The third-order valence-electron chi connectivity index (χ3n) is 2.38. The molecule has 1 aromatic carbocycles. The Morgan fingerprint density at radius 3 is 2.58 bits per heavy atom. The number of hydrogen-bond donors (Lipinski definition) is 2. The number of hydrogen-bond acceptors (Lipinski definition) is 4. The first-order valence-electron chi connectivity index (χ1n) is 5.13. The molecule has 2 aromatic rings. The van der Waals surface area contributed by atoms with Crippen LogP contribution in [0.1, 0.15) is 5.56 Å². The van der Waals surface area contributed by atoms with Gasteiger partial charge in [-0.2, -0.15) is 0 Å². The summed E-state index contributed by atoms with van der Waals surface area (Å²) in [6.07, 6.45) is 0. The molecule has 0 saturated heterocycles. The molecule has 0 aliphatic carbocycles. The fraction of sp³-hybridized carbons (Fsp3) is 0.0909. The molecular formula is C11H10BrClN2O2S2. The predicted octanol–water partition coefficient (Wildman–Crippen LogP) is 3.86. The summed E-state index contributed by atoms with van der Waals surface area (Å²) in [6, 6.07) is 6.38. The zero-order valence-corrected chi connectivity index (χ0v) is 13.8. The van der Waals surface area contributed by atoms with Crippen molar-refractivity contribution in [1.29, 1.82) is 0 Å². The summed E-state index contributed by atoms with van der Waals surface area (Å²) in [5.74, 6) is 0. The number of halogens is 2. The first-order chi connectivity index (χ1) is 8.79. The van der Waals surface area contributed by atoms with Crippen LogP contribution in [0.25, 0.3) is 0 Å². The van der Waals surface area contributed by atoms with E-state index in [9.17, 15) is 8.42 Å². The second-order valence-electron chi connectivity index (χ2n) is 3.87. The summed E-state index contributed by atoms with van der Waals surface area (Å²) >= 11 is 10.1. The Hall–Kier alpha value is -0.760. The second kappa shape index (κ2) is 5.32. The highest BCUT2D eigenvalue weighted by Crippen LogP contribution is 2.35. The van der Waals surface area contributed by atoms with Crippen molar-refractivity contribution >= 4 is 60.3 Å². The summed E-state index contributed by atoms with van der Waals surface area (Å²) < 4.78 is 27.6. The van der Waals surface area contributed by atoms with Crippen LogP contribution in [0.15, 0.2) is 32.3 Å². The standard InChI is InChI=1S/C11H10BrClN2O2S2/c1-6-4-7(14)2-3-9(6)15-19(16,17)10-5-8(13)11(12)18-10/h2-5,15H,14H2,1H3. The van der Waals surface area contributed by atoms with E-state index in [1.807, 2.05) is 0 Å². The molecule has 0 spiro atoms. The molecule has 3 N–H and O–H groups in total. The maximum absolute atomic E-state index is 12.2. The van der Waals surface area contributed by atoms with Crippen LogP contribution in [-0.2, 0) is 10.0 Å². The molecule has 102 valence electrons. The van der Waals surface area contributed by atoms with E-state index >= 15 is 0 Å². The number of nitrogens with one attached hydrogen (secondary N) is 1. The minimum Gasteiger partial charge on any atom is -0.399 e. The Labute approximate surface area is 128 Å². The van der Waals surface area contributed by atoms with Crippen molar-refractivity contribution in [3.8, 4) is 0 Å². The van der Waals surface area contributed by atoms with Gasteiger partial charge in [-0.05, 0) is 52.7 Å². The van der Waals surface area contributed by atoms with Gasteiger partial charge in [0.1, 0.15) is 4.21 Å². The van der Waals surface area contributed by atoms with Gasteiger partial charge >= 0.3 is 0 Å². The first-order valence-corrected chi connectivity index (χ1v) is 8.60. The van der Waals surface area contributed by atoms with Crippen LogP contribution in [0, 0.1) is 6.92 Å². The topological polar surface area (TPSA) is 72.2 Å². The zero-order valence-electron chi connectivity index (χ0n) is 9.78. The van der Waals surface area contributed by atoms with E-state index in [4.69, 9.17) is 17.3 Å². The van der Waals surface area contributed by atoms with Crippen molar-refractivity contribution in [3.05, 3.63) is 38.6 Å². The Morgan fingerprint density at radius 2 is 2.05 bits per heavy atom. The Morgan fingerprint density at radius 1 is 1.37 bits per heavy atom. The summed E-state index contributed by atoms with van der Waals surface area (Å²) in [4.78, 5) is 0. The van der Waals surface area contributed by atoms with E-state index in [1.54, 1.807) is 25.1 Å². The van der Waals surface area contributed by atoms with Gasteiger partial charge < -0.3 is 5.73 Å². The number of nitrogens with two attached hydrogens (primary N) is 1. The highest BCUT2D eigenvalue weighted by Gasteiger charge is 2.19. The molecule has 0 atom stereocenters. The number of sulfonamides is 1. The molecule has 0 aliphatic heterocycles. The van der Waals surface area contributed by atoms with E-state index in [2.05, 4.69) is 20.7 Å². The average Bonchev–Trinajstić information content (AvgIpc) is 2.64. The van der Waals surface area contributed by atoms with Gasteiger partial charge in [0, 0.05) is 5.69 Å². The molecule has 0 fully saturated rings. The number of nitrogen functional groups attached to an aromatic ring is 1. The van der Waals surface area contributed by atoms with Crippen molar-refractivity contribution < 1.29 is 8.42 Å². The van der Waals surface area contributed by atoms with Gasteiger partial charge in [-0.1, -0.05) is 11.6 Å². The van der Waals surface area contributed by atoms with Gasteiger partial charge in [0.15, 0.2) is 0 Å². The molecule has 0 radical (unpaired) electrons. The summed E-state index contributed by atoms with van der Waals surface area (Å²) in [6.45, 7) is 1.78. The molecule has 8 heteroatoms. The number of thiophene rings is 1. The van der Waals surface area contributed by atoms with Gasteiger partial charge in [-0.25, -0.2) is 8.42 Å². The van der Waals surface area contributed by atoms with E-state index in [1.165, 1.54) is 6.07 Å². The Bertz CT molecular complexity index is 709. The fourth-order valence-electron chi connectivity index (χ4n) is 1.46. The monoisotopic (exact) mass is 380 g/mol. The quantitative estimate of drug-likeness (QED) is 0.793. The lowest BCUT2D eigenvalue weighted by molar-refractivity contribution is 0.603. The molecule has 0 aliphatic rings. The molecule has 0 amide bonds. The van der Waals surface area contributed by atoms with Crippen LogP contribution in [0.4, 0.5) is 11.4 Å². The van der Waals surface area contributed by atoms with E-state index in [0.29, 0.717) is 20.2 Å². The molecule has 0 unspecified atom stereocenters. The summed E-state index contributed by atoms with van der Waals surface area (Å²) in [5.41, 5.74) is 7.46. The van der Waals surface area contributed by atoms with Gasteiger partial charge in [0.2, 0.25) is 0 Å². The highest BCUT2D eigenvalue weighted by molar-refractivity contribution is 9.11. The minimum atomic E-state index is -3.64. The fourth-order valence-corrected chi connectivity index (χ4v) is 4.98. The van der Waals surface area contributed by atoms with Crippen LogP contribution in [-0.4, -0.2) is 8.42 Å². The highest BCUT2D eigenvalue weighted by atomic mass is 79.9.